The Morgan fingerprint density at radius 3 is 2.36 bits per heavy atom. The molecule has 1 atom stereocenters. The summed E-state index contributed by atoms with van der Waals surface area (Å²) in [7, 11) is -3.64. The van der Waals surface area contributed by atoms with E-state index >= 15 is 0 Å². The second-order valence-corrected chi connectivity index (χ2v) is 10.6. The number of halogens is 1. The molecule has 0 radical (unpaired) electrons. The largest absolute Gasteiger partial charge is 0.442 e. The zero-order valence-corrected chi connectivity index (χ0v) is 20.2. The van der Waals surface area contributed by atoms with Crippen molar-refractivity contribution in [2.75, 3.05) is 17.0 Å². The van der Waals surface area contributed by atoms with Gasteiger partial charge in [-0.05, 0) is 57.5 Å². The Balaban J connectivity index is 2.45. The van der Waals surface area contributed by atoms with Gasteiger partial charge in [0.1, 0.15) is 17.7 Å². The monoisotopic (exact) mass is 479 g/mol. The highest BCUT2D eigenvalue weighted by molar-refractivity contribution is 7.90. The third-order valence-corrected chi connectivity index (χ3v) is 5.66. The van der Waals surface area contributed by atoms with E-state index in [0.29, 0.717) is 12.0 Å². The van der Waals surface area contributed by atoms with E-state index in [4.69, 9.17) is 4.74 Å². The van der Waals surface area contributed by atoms with Gasteiger partial charge in [-0.1, -0.05) is 18.2 Å². The molecule has 0 aromatic heterocycles. The minimum absolute atomic E-state index is 0.0155. The summed E-state index contributed by atoms with van der Waals surface area (Å²) in [5.41, 5.74) is 3.40. The number of hydrogen-bond acceptors (Lipinski definition) is 7. The fraction of sp³-hybridized carbons (Fsp3) is 0.391. The second-order valence-electron chi connectivity index (χ2n) is 8.64. The highest BCUT2D eigenvalue weighted by Crippen LogP contribution is 2.31. The number of carbonyl (C=O) groups excluding carboxylic acids is 2. The van der Waals surface area contributed by atoms with Crippen LogP contribution in [0.25, 0.3) is 0 Å². The zero-order chi connectivity index (χ0) is 24.8. The molecule has 1 amide bonds. The van der Waals surface area contributed by atoms with E-state index < -0.39 is 27.6 Å². The van der Waals surface area contributed by atoms with Gasteiger partial charge in [-0.15, -0.1) is 0 Å². The van der Waals surface area contributed by atoms with Gasteiger partial charge >= 0.3 is 6.09 Å². The quantitative estimate of drug-likeness (QED) is 0.406. The van der Waals surface area contributed by atoms with Gasteiger partial charge in [0.05, 0.1) is 22.3 Å². The number of nitrogens with zero attached hydrogens (tertiary/aromatic N) is 1. The van der Waals surface area contributed by atoms with Gasteiger partial charge < -0.3 is 14.8 Å². The molecule has 0 heterocycles. The molecule has 2 aromatic rings. The topological polar surface area (TPSA) is 105 Å². The van der Waals surface area contributed by atoms with Crippen molar-refractivity contribution in [2.24, 2.45) is 0 Å². The van der Waals surface area contributed by atoms with Gasteiger partial charge in [-0.2, -0.15) is 0 Å². The van der Waals surface area contributed by atoms with Crippen LogP contribution in [0.2, 0.25) is 0 Å². The Labute approximate surface area is 194 Å². The van der Waals surface area contributed by atoms with Gasteiger partial charge in [0.25, 0.3) is 0 Å². The number of amides is 1. The summed E-state index contributed by atoms with van der Waals surface area (Å²) in [6.45, 7) is 7.02. The molecule has 0 unspecified atom stereocenters. The number of benzene rings is 2. The van der Waals surface area contributed by atoms with Crippen LogP contribution in [0.1, 0.15) is 39.7 Å². The molecule has 0 bridgehead atoms. The first kappa shape index (κ1) is 26.1. The summed E-state index contributed by atoms with van der Waals surface area (Å²) in [5, 5.41) is 4.23. The Morgan fingerprint density at radius 1 is 1.18 bits per heavy atom. The molecule has 0 fully saturated rings. The molecule has 2 rings (SSSR count). The molecule has 180 valence electrons. The van der Waals surface area contributed by atoms with Crippen molar-refractivity contribution in [3.63, 3.8) is 0 Å². The van der Waals surface area contributed by atoms with Crippen molar-refractivity contribution >= 4 is 33.6 Å². The van der Waals surface area contributed by atoms with Crippen molar-refractivity contribution in [1.82, 2.24) is 5.01 Å². The first-order valence-corrected chi connectivity index (χ1v) is 12.2. The summed E-state index contributed by atoms with van der Waals surface area (Å²) in [4.78, 5) is 23.9. The summed E-state index contributed by atoms with van der Waals surface area (Å²) in [6.07, 6.45) is 1.09. The molecule has 10 heteroatoms. The first-order valence-electron chi connectivity index (χ1n) is 10.4. The average Bonchev–Trinajstić information content (AvgIpc) is 2.70. The van der Waals surface area contributed by atoms with Crippen molar-refractivity contribution in [3.8, 4) is 0 Å². The van der Waals surface area contributed by atoms with Crippen molar-refractivity contribution in [3.05, 3.63) is 53.8 Å². The number of hydrogen-bond donors (Lipinski definition) is 2. The Hall–Kier alpha value is -3.14. The Bertz CT molecular complexity index is 1080. The van der Waals surface area contributed by atoms with Crippen LogP contribution in [0, 0.1) is 5.82 Å². The van der Waals surface area contributed by atoms with Crippen LogP contribution in [-0.4, -0.2) is 43.7 Å². The maximum absolute atomic E-state index is 13.2. The van der Waals surface area contributed by atoms with E-state index in [1.54, 1.807) is 52.0 Å². The summed E-state index contributed by atoms with van der Waals surface area (Å²) < 4.78 is 43.6. The molecular formula is C23H30FN3O5S. The Kier molecular flexibility index (Phi) is 8.43. The molecule has 0 aliphatic carbocycles. The highest BCUT2D eigenvalue weighted by Gasteiger charge is 2.28. The van der Waals surface area contributed by atoms with E-state index in [2.05, 4.69) is 10.7 Å². The number of nitrogens with one attached hydrogen (secondary N) is 2. The average molecular weight is 480 g/mol. The van der Waals surface area contributed by atoms with Crippen LogP contribution < -0.4 is 10.7 Å². The zero-order valence-electron chi connectivity index (χ0n) is 19.4. The lowest BCUT2D eigenvalue weighted by molar-refractivity contribution is -0.108. The van der Waals surface area contributed by atoms with Crippen molar-refractivity contribution in [2.45, 2.75) is 57.2 Å². The van der Waals surface area contributed by atoms with Crippen LogP contribution in [0.3, 0.4) is 0 Å². The normalized spacial score (nSPS) is 12.5. The lowest BCUT2D eigenvalue weighted by atomic mass is 10.2. The minimum atomic E-state index is -3.64. The maximum atomic E-state index is 13.2. The van der Waals surface area contributed by atoms with Gasteiger partial charge in [-0.25, -0.2) is 22.6 Å². The molecule has 0 spiro atoms. The summed E-state index contributed by atoms with van der Waals surface area (Å²) >= 11 is 0. The van der Waals surface area contributed by atoms with E-state index in [9.17, 15) is 22.4 Å². The number of ether oxygens (including phenoxy) is 1. The van der Waals surface area contributed by atoms with Crippen molar-refractivity contribution in [1.29, 1.82) is 0 Å². The number of anilines is 2. The van der Waals surface area contributed by atoms with Crippen LogP contribution in [-0.2, 0) is 25.9 Å². The number of aldehydes is 1. The fourth-order valence-electron chi connectivity index (χ4n) is 2.93. The number of carbonyl (C=O) groups is 2. The molecule has 0 saturated heterocycles. The van der Waals surface area contributed by atoms with E-state index in [1.165, 1.54) is 18.2 Å². The van der Waals surface area contributed by atoms with Gasteiger partial charge in [-0.3, -0.25) is 5.43 Å². The number of hydrazine groups is 1. The molecule has 2 N–H and O–H groups in total. The molecule has 0 aliphatic rings. The number of sulfone groups is 1. The smallest absolute Gasteiger partial charge is 0.429 e. The lowest BCUT2D eigenvalue weighted by Gasteiger charge is -2.32. The molecular weight excluding hydrogens is 449 g/mol. The SMILES string of the molecule is C[C@@H](CC=O)N(Nc1cccc(S(C)(=O)=O)c1NCc1ccc(F)cc1)C(=O)OC(C)(C)C. The summed E-state index contributed by atoms with van der Waals surface area (Å²) in [5.74, 6) is -0.380. The lowest BCUT2D eigenvalue weighted by Crippen LogP contribution is -2.46. The Morgan fingerprint density at radius 2 is 1.82 bits per heavy atom. The maximum Gasteiger partial charge on any atom is 0.429 e. The molecule has 2 aromatic carbocycles. The van der Waals surface area contributed by atoms with E-state index in [-0.39, 0.29) is 29.4 Å². The number of rotatable bonds is 9. The molecule has 0 aliphatic heterocycles. The van der Waals surface area contributed by atoms with Crippen LogP contribution in [0.5, 0.6) is 0 Å². The predicted molar refractivity (Wildman–Crippen MR) is 125 cm³/mol. The first-order chi connectivity index (χ1) is 15.3. The minimum Gasteiger partial charge on any atom is -0.442 e. The van der Waals surface area contributed by atoms with Crippen LogP contribution in [0.4, 0.5) is 20.6 Å². The highest BCUT2D eigenvalue weighted by atomic mass is 32.2. The standard InChI is InChI=1S/C23H30FN3O5S/c1-16(13-14-28)27(22(29)32-23(2,3)4)26-19-7-6-8-20(33(5,30)31)21(19)25-15-17-9-11-18(24)12-10-17/h6-12,14,16,25-26H,13,15H2,1-5H3/t16-/m0/s1. The van der Waals surface area contributed by atoms with Gasteiger partial charge in [0.15, 0.2) is 9.84 Å². The van der Waals surface area contributed by atoms with Gasteiger partial charge in [0.2, 0.25) is 0 Å². The molecule has 8 nitrogen and oxygen atoms in total. The number of para-hydroxylation sites is 1. The fourth-order valence-corrected chi connectivity index (χ4v) is 3.81. The van der Waals surface area contributed by atoms with Crippen molar-refractivity contribution < 1.29 is 27.1 Å². The van der Waals surface area contributed by atoms with Crippen LogP contribution in [0.15, 0.2) is 47.4 Å². The van der Waals surface area contributed by atoms with E-state index in [0.717, 1.165) is 16.8 Å². The third-order valence-electron chi connectivity index (χ3n) is 4.52. The third kappa shape index (κ3) is 7.74. The second kappa shape index (κ2) is 10.7. The molecule has 0 saturated carbocycles. The summed E-state index contributed by atoms with van der Waals surface area (Å²) in [6, 6.07) is 9.79. The van der Waals surface area contributed by atoms with Crippen LogP contribution >= 0.6 is 0 Å². The molecule has 33 heavy (non-hydrogen) atoms. The van der Waals surface area contributed by atoms with E-state index in [1.807, 2.05) is 0 Å². The van der Waals surface area contributed by atoms with Gasteiger partial charge in [0, 0.05) is 19.2 Å². The predicted octanol–water partition coefficient (Wildman–Crippen LogP) is 4.38.